The predicted octanol–water partition coefficient (Wildman–Crippen LogP) is 4.43. The monoisotopic (exact) mass is 455 g/mol. The summed E-state index contributed by atoms with van der Waals surface area (Å²) in [7, 11) is 3.22. The van der Waals surface area contributed by atoms with Gasteiger partial charge in [-0.3, -0.25) is 4.79 Å². The topological polar surface area (TPSA) is 74.3 Å². The normalized spacial score (nSPS) is 15.1. The molecule has 1 unspecified atom stereocenters. The van der Waals surface area contributed by atoms with Crippen LogP contribution in [0, 0.1) is 5.92 Å². The van der Waals surface area contributed by atoms with Crippen molar-refractivity contribution in [3.05, 3.63) is 53.1 Å². The molecule has 1 heterocycles. The molecule has 0 fully saturated rings. The molecule has 3 rings (SSSR count). The Morgan fingerprint density at radius 2 is 1.73 bits per heavy atom. The van der Waals surface area contributed by atoms with Crippen molar-refractivity contribution in [2.45, 2.75) is 39.7 Å². The van der Waals surface area contributed by atoms with Crippen molar-refractivity contribution in [1.29, 1.82) is 0 Å². The van der Waals surface area contributed by atoms with Crippen LogP contribution in [-0.2, 0) is 16.0 Å². The summed E-state index contributed by atoms with van der Waals surface area (Å²) in [5.41, 5.74) is 2.59. The molecule has 2 aromatic rings. The molecule has 7 nitrogen and oxygen atoms in total. The fourth-order valence-electron chi connectivity index (χ4n) is 4.05. The molecular weight excluding hydrogens is 422 g/mol. The minimum atomic E-state index is -0.364. The molecule has 33 heavy (non-hydrogen) atoms. The number of nitrogens with zero attached hydrogens (tertiary/aromatic N) is 1. The van der Waals surface area contributed by atoms with Crippen molar-refractivity contribution in [3.8, 4) is 17.2 Å². The lowest BCUT2D eigenvalue weighted by Gasteiger charge is -2.38. The molecule has 1 aliphatic heterocycles. The molecule has 7 heteroatoms. The zero-order valence-electron chi connectivity index (χ0n) is 20.1. The highest BCUT2D eigenvalue weighted by Crippen LogP contribution is 2.38. The van der Waals surface area contributed by atoms with Gasteiger partial charge in [0.15, 0.2) is 11.5 Å². The molecule has 0 saturated heterocycles. The second-order valence-corrected chi connectivity index (χ2v) is 8.41. The Morgan fingerprint density at radius 3 is 2.33 bits per heavy atom. The molecule has 0 aromatic heterocycles. The van der Waals surface area contributed by atoms with Gasteiger partial charge in [0, 0.05) is 13.0 Å². The van der Waals surface area contributed by atoms with E-state index in [0.29, 0.717) is 42.4 Å². The zero-order chi connectivity index (χ0) is 24.0. The maximum Gasteiger partial charge on any atom is 0.338 e. The fraction of sp³-hybridized carbons (Fsp3) is 0.462. The van der Waals surface area contributed by atoms with Crippen LogP contribution in [0.1, 0.15) is 54.7 Å². The van der Waals surface area contributed by atoms with Gasteiger partial charge in [-0.1, -0.05) is 13.8 Å². The van der Waals surface area contributed by atoms with E-state index in [9.17, 15) is 9.59 Å². The zero-order valence-corrected chi connectivity index (χ0v) is 20.1. The van der Waals surface area contributed by atoms with Crippen LogP contribution in [-0.4, -0.2) is 50.8 Å². The maximum absolute atomic E-state index is 13.1. The largest absolute Gasteiger partial charge is 0.493 e. The lowest BCUT2D eigenvalue weighted by Crippen LogP contribution is -2.43. The van der Waals surface area contributed by atoms with Gasteiger partial charge in [0.05, 0.1) is 32.4 Å². The number of rotatable bonds is 9. The number of ether oxygens (including phenoxy) is 4. The SMILES string of the molecule is CCOC(=O)c1ccc(OCC2c3cc(OC)c(OC)cc3CCN2C(=O)CC(C)C)cc1. The number of carbonyl (C=O) groups is 2. The van der Waals surface area contributed by atoms with Crippen molar-refractivity contribution in [1.82, 2.24) is 4.90 Å². The van der Waals surface area contributed by atoms with E-state index < -0.39 is 0 Å². The summed E-state index contributed by atoms with van der Waals surface area (Å²) in [5.74, 6) is 1.92. The van der Waals surface area contributed by atoms with E-state index in [1.54, 1.807) is 45.4 Å². The molecule has 1 aliphatic rings. The smallest absolute Gasteiger partial charge is 0.338 e. The van der Waals surface area contributed by atoms with Crippen LogP contribution in [0.15, 0.2) is 36.4 Å². The van der Waals surface area contributed by atoms with Crippen LogP contribution in [0.2, 0.25) is 0 Å². The van der Waals surface area contributed by atoms with Gasteiger partial charge < -0.3 is 23.8 Å². The van der Waals surface area contributed by atoms with Crippen molar-refractivity contribution in [2.75, 3.05) is 34.0 Å². The number of carbonyl (C=O) groups excluding carboxylic acids is 2. The number of hydrogen-bond donors (Lipinski definition) is 0. The van der Waals surface area contributed by atoms with Crippen molar-refractivity contribution in [3.63, 3.8) is 0 Å². The number of methoxy groups -OCH3 is 2. The minimum absolute atomic E-state index is 0.108. The van der Waals surface area contributed by atoms with E-state index in [1.165, 1.54) is 0 Å². The van der Waals surface area contributed by atoms with Gasteiger partial charge in [-0.25, -0.2) is 4.79 Å². The molecule has 0 spiro atoms. The molecule has 2 aromatic carbocycles. The van der Waals surface area contributed by atoms with E-state index in [-0.39, 0.29) is 30.4 Å². The van der Waals surface area contributed by atoms with Gasteiger partial charge in [-0.15, -0.1) is 0 Å². The Bertz CT molecular complexity index is 969. The molecule has 1 atom stereocenters. The highest BCUT2D eigenvalue weighted by atomic mass is 16.5. The third-order valence-corrected chi connectivity index (χ3v) is 5.68. The van der Waals surface area contributed by atoms with Gasteiger partial charge in [-0.2, -0.15) is 0 Å². The number of fused-ring (bicyclic) bond motifs is 1. The minimum Gasteiger partial charge on any atom is -0.493 e. The fourth-order valence-corrected chi connectivity index (χ4v) is 4.05. The number of amides is 1. The molecule has 178 valence electrons. The number of hydrogen-bond acceptors (Lipinski definition) is 6. The van der Waals surface area contributed by atoms with Crippen LogP contribution < -0.4 is 14.2 Å². The second kappa shape index (κ2) is 11.1. The third-order valence-electron chi connectivity index (χ3n) is 5.68. The van der Waals surface area contributed by atoms with Crippen LogP contribution >= 0.6 is 0 Å². The first-order chi connectivity index (χ1) is 15.9. The summed E-state index contributed by atoms with van der Waals surface area (Å²) in [4.78, 5) is 26.9. The van der Waals surface area contributed by atoms with E-state index in [2.05, 4.69) is 0 Å². The highest BCUT2D eigenvalue weighted by molar-refractivity contribution is 5.89. The van der Waals surface area contributed by atoms with Gasteiger partial charge in [0.1, 0.15) is 12.4 Å². The Hall–Kier alpha value is -3.22. The Kier molecular flexibility index (Phi) is 8.20. The molecule has 0 radical (unpaired) electrons. The average molecular weight is 456 g/mol. The first-order valence-electron chi connectivity index (χ1n) is 11.3. The Balaban J connectivity index is 1.86. The maximum atomic E-state index is 13.1. The Labute approximate surface area is 195 Å². The first-order valence-corrected chi connectivity index (χ1v) is 11.3. The first kappa shape index (κ1) is 24.4. The lowest BCUT2D eigenvalue weighted by molar-refractivity contribution is -0.135. The molecule has 0 saturated carbocycles. The summed E-state index contributed by atoms with van der Waals surface area (Å²) < 4.78 is 22.1. The van der Waals surface area contributed by atoms with E-state index in [1.807, 2.05) is 30.9 Å². The van der Waals surface area contributed by atoms with Crippen LogP contribution in [0.4, 0.5) is 0 Å². The van der Waals surface area contributed by atoms with Crippen molar-refractivity contribution < 1.29 is 28.5 Å². The lowest BCUT2D eigenvalue weighted by atomic mass is 9.91. The van der Waals surface area contributed by atoms with E-state index >= 15 is 0 Å². The molecule has 0 N–H and O–H groups in total. The third kappa shape index (κ3) is 5.78. The average Bonchev–Trinajstić information content (AvgIpc) is 2.81. The standard InChI is InChI=1S/C26H33NO6/c1-6-32-26(29)18-7-9-20(10-8-18)33-16-22-21-15-24(31-5)23(30-4)14-19(21)11-12-27(22)25(28)13-17(2)3/h7-10,14-15,17,22H,6,11-13,16H2,1-5H3. The van der Waals surface area contributed by atoms with Crippen LogP contribution in [0.3, 0.4) is 0 Å². The summed E-state index contributed by atoms with van der Waals surface area (Å²) in [6.45, 7) is 7.08. The summed E-state index contributed by atoms with van der Waals surface area (Å²) in [5, 5.41) is 0. The number of benzene rings is 2. The summed E-state index contributed by atoms with van der Waals surface area (Å²) >= 11 is 0. The van der Waals surface area contributed by atoms with Crippen LogP contribution in [0.5, 0.6) is 17.2 Å². The van der Waals surface area contributed by atoms with E-state index in [4.69, 9.17) is 18.9 Å². The van der Waals surface area contributed by atoms with Gasteiger partial charge in [0.2, 0.25) is 5.91 Å². The van der Waals surface area contributed by atoms with Crippen LogP contribution in [0.25, 0.3) is 0 Å². The molecule has 0 aliphatic carbocycles. The number of esters is 1. The van der Waals surface area contributed by atoms with Gasteiger partial charge >= 0.3 is 5.97 Å². The van der Waals surface area contributed by atoms with Crippen molar-refractivity contribution >= 4 is 11.9 Å². The predicted molar refractivity (Wildman–Crippen MR) is 125 cm³/mol. The Morgan fingerprint density at radius 1 is 1.06 bits per heavy atom. The highest BCUT2D eigenvalue weighted by Gasteiger charge is 2.33. The second-order valence-electron chi connectivity index (χ2n) is 8.41. The van der Waals surface area contributed by atoms with E-state index in [0.717, 1.165) is 17.5 Å². The molecule has 0 bridgehead atoms. The van der Waals surface area contributed by atoms with Crippen molar-refractivity contribution in [2.24, 2.45) is 5.92 Å². The quantitative estimate of drug-likeness (QED) is 0.521. The summed E-state index contributed by atoms with van der Waals surface area (Å²) in [6.07, 6.45) is 1.22. The molecule has 1 amide bonds. The summed E-state index contributed by atoms with van der Waals surface area (Å²) in [6, 6.07) is 10.5. The van der Waals surface area contributed by atoms with Gasteiger partial charge in [0.25, 0.3) is 0 Å². The van der Waals surface area contributed by atoms with Gasteiger partial charge in [-0.05, 0) is 66.8 Å². The molecular formula is C26H33NO6.